The van der Waals surface area contributed by atoms with Crippen molar-refractivity contribution in [2.24, 2.45) is 5.10 Å². The first-order chi connectivity index (χ1) is 10.9. The zero-order valence-electron chi connectivity index (χ0n) is 12.6. The highest BCUT2D eigenvalue weighted by molar-refractivity contribution is 14.1. The number of fused-ring (bicyclic) bond motifs is 1. The van der Waals surface area contributed by atoms with Crippen LogP contribution in [0.3, 0.4) is 0 Å². The molecule has 0 saturated carbocycles. The number of carbonyl (C=O) groups is 1. The maximum atomic E-state index is 12.4. The lowest BCUT2D eigenvalue weighted by molar-refractivity contribution is -0.121. The van der Waals surface area contributed by atoms with E-state index in [1.807, 2.05) is 6.07 Å². The Morgan fingerprint density at radius 2 is 2.30 bits per heavy atom. The van der Waals surface area contributed by atoms with Crippen molar-refractivity contribution in [1.29, 1.82) is 0 Å². The minimum absolute atomic E-state index is 0.0257. The maximum Gasteiger partial charge on any atom is 0.248 e. The molecule has 2 aromatic rings. The molecular formula is C15H15IN4O3. The van der Waals surface area contributed by atoms with Crippen LogP contribution < -0.4 is 4.90 Å². The van der Waals surface area contributed by atoms with Crippen LogP contribution in [0.15, 0.2) is 37.4 Å². The third-order valence-electron chi connectivity index (χ3n) is 3.48. The van der Waals surface area contributed by atoms with Crippen molar-refractivity contribution in [2.75, 3.05) is 18.5 Å². The van der Waals surface area contributed by atoms with Gasteiger partial charge in [0.15, 0.2) is 17.7 Å². The number of allylic oxidation sites excluding steroid dienone is 1. The molecule has 0 saturated heterocycles. The van der Waals surface area contributed by atoms with Gasteiger partial charge in [-0.15, -0.1) is 0 Å². The summed E-state index contributed by atoms with van der Waals surface area (Å²) in [5.41, 5.74) is 2.08. The van der Waals surface area contributed by atoms with Gasteiger partial charge in [-0.2, -0.15) is 5.10 Å². The van der Waals surface area contributed by atoms with Crippen molar-refractivity contribution in [1.82, 2.24) is 9.99 Å². The smallest absolute Gasteiger partial charge is 0.248 e. The number of amides is 1. The Hall–Kier alpha value is -1.94. The van der Waals surface area contributed by atoms with Gasteiger partial charge in [-0.05, 0) is 40.8 Å². The van der Waals surface area contributed by atoms with Gasteiger partial charge in [0.1, 0.15) is 12.1 Å². The number of aliphatic hydroxyl groups excluding tert-OH is 1. The van der Waals surface area contributed by atoms with Crippen molar-refractivity contribution in [3.63, 3.8) is 0 Å². The number of nitrogens with zero attached hydrogens (tertiary/aromatic N) is 4. The van der Waals surface area contributed by atoms with Gasteiger partial charge in [0.25, 0.3) is 0 Å². The molecule has 23 heavy (non-hydrogen) atoms. The zero-order valence-corrected chi connectivity index (χ0v) is 14.8. The van der Waals surface area contributed by atoms with Crippen molar-refractivity contribution in [2.45, 2.75) is 13.2 Å². The first-order valence-corrected chi connectivity index (χ1v) is 8.01. The molecule has 1 amide bonds. The van der Waals surface area contributed by atoms with Gasteiger partial charge in [0.2, 0.25) is 5.91 Å². The van der Waals surface area contributed by atoms with Gasteiger partial charge in [-0.3, -0.25) is 9.80 Å². The summed E-state index contributed by atoms with van der Waals surface area (Å²) in [5.74, 6) is 0.389. The van der Waals surface area contributed by atoms with E-state index in [4.69, 9.17) is 4.42 Å². The molecule has 1 aromatic heterocycles. The molecule has 8 heteroatoms. The molecular weight excluding hydrogens is 411 g/mol. The van der Waals surface area contributed by atoms with E-state index in [0.29, 0.717) is 17.2 Å². The zero-order chi connectivity index (χ0) is 16.6. The topological polar surface area (TPSA) is 82.2 Å². The van der Waals surface area contributed by atoms with Gasteiger partial charge in [0.05, 0.1) is 6.21 Å². The van der Waals surface area contributed by atoms with Gasteiger partial charge in [-0.25, -0.2) is 4.98 Å². The Morgan fingerprint density at radius 3 is 3.04 bits per heavy atom. The Labute approximate surface area is 146 Å². The van der Waals surface area contributed by atoms with Crippen LogP contribution in [0.2, 0.25) is 0 Å². The summed E-state index contributed by atoms with van der Waals surface area (Å²) in [5, 5.41) is 15.3. The third-order valence-corrected chi connectivity index (χ3v) is 4.12. The minimum Gasteiger partial charge on any atom is -0.441 e. The van der Waals surface area contributed by atoms with Gasteiger partial charge < -0.3 is 14.4 Å². The lowest BCUT2D eigenvalue weighted by Crippen LogP contribution is -2.41. The molecule has 0 bridgehead atoms. The number of aromatic nitrogens is 1. The van der Waals surface area contributed by atoms with Crippen LogP contribution in [0.1, 0.15) is 5.89 Å². The fourth-order valence-electron chi connectivity index (χ4n) is 2.23. The quantitative estimate of drug-likeness (QED) is 0.760. The fourth-order valence-corrected chi connectivity index (χ4v) is 2.68. The Morgan fingerprint density at radius 1 is 1.52 bits per heavy atom. The molecule has 1 aliphatic heterocycles. The molecule has 0 aliphatic carbocycles. The number of carbonyl (C=O) groups excluding carboxylic acids is 1. The SMILES string of the molecule is Cc1nc2ccc(N(C)C(=O)CN3N=CC(I)=CC3O)cc2o1. The van der Waals surface area contributed by atoms with E-state index >= 15 is 0 Å². The van der Waals surface area contributed by atoms with E-state index in [9.17, 15) is 9.90 Å². The van der Waals surface area contributed by atoms with E-state index in [1.165, 1.54) is 9.91 Å². The largest absolute Gasteiger partial charge is 0.441 e. The molecule has 7 nitrogen and oxygen atoms in total. The molecule has 1 aromatic carbocycles. The lowest BCUT2D eigenvalue weighted by Gasteiger charge is -2.27. The van der Waals surface area contributed by atoms with Gasteiger partial charge >= 0.3 is 0 Å². The van der Waals surface area contributed by atoms with Crippen LogP contribution in [-0.2, 0) is 4.79 Å². The van der Waals surface area contributed by atoms with Crippen LogP contribution in [-0.4, -0.2) is 47.0 Å². The highest BCUT2D eigenvalue weighted by Gasteiger charge is 2.21. The minimum atomic E-state index is -0.899. The van der Waals surface area contributed by atoms with E-state index in [-0.39, 0.29) is 12.5 Å². The van der Waals surface area contributed by atoms with E-state index < -0.39 is 6.23 Å². The number of hydrazone groups is 1. The molecule has 120 valence electrons. The lowest BCUT2D eigenvalue weighted by atomic mass is 10.2. The maximum absolute atomic E-state index is 12.4. The summed E-state index contributed by atoms with van der Waals surface area (Å²) in [7, 11) is 1.67. The standard InChI is InChI=1S/C15H15IN4O3/c1-9-18-12-4-3-11(6-13(12)23-9)19(2)15(22)8-20-14(21)5-10(16)7-17-20/h3-7,14,21H,8H2,1-2H3. The Kier molecular flexibility index (Phi) is 4.35. The molecule has 1 unspecified atom stereocenters. The third kappa shape index (κ3) is 3.37. The first kappa shape index (κ1) is 15.9. The Bertz CT molecular complexity index is 814. The van der Waals surface area contributed by atoms with Crippen LogP contribution in [0.4, 0.5) is 5.69 Å². The number of rotatable bonds is 3. The van der Waals surface area contributed by atoms with Crippen molar-refractivity contribution in [3.05, 3.63) is 33.7 Å². The predicted molar refractivity (Wildman–Crippen MR) is 95.5 cm³/mol. The molecule has 2 heterocycles. The molecule has 0 spiro atoms. The van der Waals surface area contributed by atoms with Crippen molar-refractivity contribution in [3.8, 4) is 0 Å². The van der Waals surface area contributed by atoms with Crippen LogP contribution in [0.25, 0.3) is 11.1 Å². The summed E-state index contributed by atoms with van der Waals surface area (Å²) in [4.78, 5) is 18.1. The van der Waals surface area contributed by atoms with Crippen molar-refractivity contribution < 1.29 is 14.3 Å². The monoisotopic (exact) mass is 426 g/mol. The highest BCUT2D eigenvalue weighted by atomic mass is 127. The van der Waals surface area contributed by atoms with Crippen LogP contribution in [0, 0.1) is 6.92 Å². The number of likely N-dealkylation sites (N-methyl/N-ethyl adjacent to an activating group) is 1. The van der Waals surface area contributed by atoms with Crippen molar-refractivity contribution >= 4 is 51.5 Å². The predicted octanol–water partition coefficient (Wildman–Crippen LogP) is 2.04. The number of aliphatic hydroxyl groups is 1. The number of benzene rings is 1. The number of oxazole rings is 1. The summed E-state index contributed by atoms with van der Waals surface area (Å²) < 4.78 is 6.32. The second-order valence-electron chi connectivity index (χ2n) is 5.14. The number of hydrogen-bond acceptors (Lipinski definition) is 6. The summed E-state index contributed by atoms with van der Waals surface area (Å²) >= 11 is 2.06. The number of hydrogen-bond donors (Lipinski definition) is 1. The summed E-state index contributed by atoms with van der Waals surface area (Å²) in [6.45, 7) is 1.75. The first-order valence-electron chi connectivity index (χ1n) is 6.94. The van der Waals surface area contributed by atoms with Crippen LogP contribution >= 0.6 is 22.6 Å². The average molecular weight is 426 g/mol. The van der Waals surface area contributed by atoms with Crippen LogP contribution in [0.5, 0.6) is 0 Å². The molecule has 1 aliphatic rings. The number of halogens is 1. The van der Waals surface area contributed by atoms with Gasteiger partial charge in [-0.1, -0.05) is 0 Å². The Balaban J connectivity index is 1.74. The molecule has 1 atom stereocenters. The molecule has 0 radical (unpaired) electrons. The summed E-state index contributed by atoms with van der Waals surface area (Å²) in [6.07, 6.45) is 2.33. The van der Waals surface area contributed by atoms with Gasteiger partial charge in [0, 0.05) is 29.3 Å². The van der Waals surface area contributed by atoms with E-state index in [0.717, 1.165) is 9.10 Å². The number of anilines is 1. The molecule has 3 rings (SSSR count). The molecule has 1 N–H and O–H groups in total. The normalized spacial score (nSPS) is 17.5. The number of aryl methyl sites for hydroxylation is 1. The fraction of sp³-hybridized carbons (Fsp3) is 0.267. The molecule has 0 fully saturated rings. The second kappa shape index (κ2) is 6.28. The second-order valence-corrected chi connectivity index (χ2v) is 6.39. The van der Waals surface area contributed by atoms with E-state index in [2.05, 4.69) is 32.7 Å². The average Bonchev–Trinajstić information content (AvgIpc) is 2.88. The highest BCUT2D eigenvalue weighted by Crippen LogP contribution is 2.22. The van der Waals surface area contributed by atoms with E-state index in [1.54, 1.807) is 38.4 Å². The summed E-state index contributed by atoms with van der Waals surface area (Å²) in [6, 6.07) is 5.39.